The van der Waals surface area contributed by atoms with Gasteiger partial charge < -0.3 is 14.6 Å². The Balaban J connectivity index is 1.62. The van der Waals surface area contributed by atoms with E-state index in [0.717, 1.165) is 5.57 Å². The van der Waals surface area contributed by atoms with Crippen LogP contribution in [0.15, 0.2) is 64.6 Å². The average molecular weight is 395 g/mol. The second-order valence-electron chi connectivity index (χ2n) is 7.27. The van der Waals surface area contributed by atoms with Gasteiger partial charge >= 0.3 is 5.97 Å². The van der Waals surface area contributed by atoms with E-state index in [4.69, 9.17) is 9.52 Å². The zero-order chi connectivity index (χ0) is 20.8. The van der Waals surface area contributed by atoms with Crippen molar-refractivity contribution >= 4 is 22.9 Å². The number of carbonyl (C=O) groups is 2. The van der Waals surface area contributed by atoms with Crippen LogP contribution in [0.5, 0.6) is 0 Å². The van der Waals surface area contributed by atoms with Crippen molar-refractivity contribution in [1.82, 2.24) is 4.98 Å². The maximum Gasteiger partial charge on any atom is 0.303 e. The minimum atomic E-state index is -0.988. The number of carbonyl (C=O) groups excluding carboxylic acids is 1. The highest BCUT2D eigenvalue weighted by molar-refractivity contribution is 5.96. The smallest absolute Gasteiger partial charge is 0.303 e. The second-order valence-corrected chi connectivity index (χ2v) is 7.27. The second kappa shape index (κ2) is 9.47. The minimum Gasteiger partial charge on any atom is -0.481 e. The highest BCUT2D eigenvalue weighted by Gasteiger charge is 2.31. The van der Waals surface area contributed by atoms with E-state index in [0.29, 0.717) is 30.4 Å². The molecular weight excluding hydrogens is 370 g/mol. The summed E-state index contributed by atoms with van der Waals surface area (Å²) in [4.78, 5) is 27.1. The quantitative estimate of drug-likeness (QED) is 0.483. The summed E-state index contributed by atoms with van der Waals surface area (Å²) >= 11 is 0. The van der Waals surface area contributed by atoms with Gasteiger partial charge in [-0.25, -0.2) is 4.98 Å². The molecule has 0 aliphatic heterocycles. The van der Waals surface area contributed by atoms with Crippen LogP contribution < -0.4 is 0 Å². The average Bonchev–Trinajstić information content (AvgIpc) is 3.23. The number of hydrogen-bond donors (Lipinski definition) is 2. The number of ketones is 1. The van der Waals surface area contributed by atoms with Crippen molar-refractivity contribution < 1.29 is 24.2 Å². The molecule has 0 bridgehead atoms. The van der Waals surface area contributed by atoms with E-state index >= 15 is 0 Å². The zero-order valence-corrected chi connectivity index (χ0v) is 16.3. The summed E-state index contributed by atoms with van der Waals surface area (Å²) in [7, 11) is 0. The number of rotatable bonds is 9. The first-order chi connectivity index (χ1) is 14.0. The van der Waals surface area contributed by atoms with Gasteiger partial charge in [0.2, 0.25) is 5.89 Å². The number of para-hydroxylation sites is 2. The van der Waals surface area contributed by atoms with Crippen molar-refractivity contribution in [2.24, 2.45) is 11.8 Å². The first-order valence-corrected chi connectivity index (χ1v) is 9.76. The van der Waals surface area contributed by atoms with Crippen LogP contribution in [0.25, 0.3) is 11.1 Å². The predicted molar refractivity (Wildman–Crippen MR) is 109 cm³/mol. The van der Waals surface area contributed by atoms with E-state index in [-0.39, 0.29) is 29.9 Å². The summed E-state index contributed by atoms with van der Waals surface area (Å²) in [6, 6.07) is 7.32. The molecule has 0 saturated heterocycles. The number of fused-ring (bicyclic) bond motifs is 1. The van der Waals surface area contributed by atoms with Gasteiger partial charge in [-0.05, 0) is 44.4 Å². The Morgan fingerprint density at radius 3 is 2.86 bits per heavy atom. The van der Waals surface area contributed by atoms with Crippen LogP contribution >= 0.6 is 0 Å². The van der Waals surface area contributed by atoms with Crippen LogP contribution in [0.4, 0.5) is 0 Å². The Kier molecular flexibility index (Phi) is 6.77. The maximum atomic E-state index is 12.3. The number of nitrogens with zero attached hydrogens (tertiary/aromatic N) is 1. The largest absolute Gasteiger partial charge is 0.481 e. The molecule has 29 heavy (non-hydrogen) atoms. The molecule has 1 aliphatic carbocycles. The highest BCUT2D eigenvalue weighted by atomic mass is 16.4. The van der Waals surface area contributed by atoms with Crippen molar-refractivity contribution in [3.05, 3.63) is 66.1 Å². The third-order valence-corrected chi connectivity index (χ3v) is 5.08. The fraction of sp³-hybridized carbons (Fsp3) is 0.348. The Morgan fingerprint density at radius 2 is 2.10 bits per heavy atom. The molecule has 2 aromatic rings. The lowest BCUT2D eigenvalue weighted by Crippen LogP contribution is -2.15. The third kappa shape index (κ3) is 5.29. The van der Waals surface area contributed by atoms with E-state index in [1.165, 1.54) is 0 Å². The molecule has 0 spiro atoms. The van der Waals surface area contributed by atoms with Gasteiger partial charge in [-0.15, -0.1) is 0 Å². The van der Waals surface area contributed by atoms with Crippen LogP contribution in [-0.2, 0) is 9.59 Å². The third-order valence-electron chi connectivity index (χ3n) is 5.08. The van der Waals surface area contributed by atoms with Gasteiger partial charge in [-0.2, -0.15) is 0 Å². The SMILES string of the molecule is CC1=CC(=O)[C@H](CC=CCCCC(=O)O)[C@H]1C=CC(O)c1nc2ccccc2o1. The molecule has 152 valence electrons. The zero-order valence-electron chi connectivity index (χ0n) is 16.3. The van der Waals surface area contributed by atoms with E-state index in [9.17, 15) is 14.7 Å². The first kappa shape index (κ1) is 20.7. The molecule has 1 aromatic carbocycles. The summed E-state index contributed by atoms with van der Waals surface area (Å²) in [5.41, 5.74) is 2.27. The minimum absolute atomic E-state index is 0.0729. The normalized spacial score (nSPS) is 20.8. The van der Waals surface area contributed by atoms with Gasteiger partial charge in [0.1, 0.15) is 11.6 Å². The van der Waals surface area contributed by atoms with Gasteiger partial charge in [0.05, 0.1) is 0 Å². The highest BCUT2D eigenvalue weighted by Crippen LogP contribution is 2.34. The number of allylic oxidation sites excluding steroid dienone is 5. The van der Waals surface area contributed by atoms with Gasteiger partial charge in [0, 0.05) is 18.3 Å². The van der Waals surface area contributed by atoms with E-state index < -0.39 is 12.1 Å². The Hall–Kier alpha value is -2.99. The Bertz CT molecular complexity index is 936. The molecule has 0 radical (unpaired) electrons. The number of aliphatic hydroxyl groups is 1. The fourth-order valence-corrected chi connectivity index (χ4v) is 3.53. The molecular formula is C23H25NO5. The molecule has 6 nitrogen and oxygen atoms in total. The molecule has 1 aliphatic rings. The first-order valence-electron chi connectivity index (χ1n) is 9.76. The number of carboxylic acids is 1. The van der Waals surface area contributed by atoms with Crippen LogP contribution in [0.2, 0.25) is 0 Å². The molecule has 0 saturated carbocycles. The van der Waals surface area contributed by atoms with Crippen LogP contribution in [0.3, 0.4) is 0 Å². The van der Waals surface area contributed by atoms with Gasteiger partial charge in [0.15, 0.2) is 11.4 Å². The number of hydrogen-bond acceptors (Lipinski definition) is 5. The van der Waals surface area contributed by atoms with E-state index in [2.05, 4.69) is 4.98 Å². The number of aromatic nitrogens is 1. The van der Waals surface area contributed by atoms with Crippen molar-refractivity contribution in [2.45, 2.75) is 38.7 Å². The van der Waals surface area contributed by atoms with Crippen LogP contribution in [-0.4, -0.2) is 26.9 Å². The molecule has 6 heteroatoms. The number of oxazole rings is 1. The summed E-state index contributed by atoms with van der Waals surface area (Å²) in [6.07, 6.45) is 9.99. The standard InChI is InChI=1S/C23H25NO5/c1-15-14-20(26)17(8-4-2-3-5-11-22(27)28)16(15)12-13-19(25)23-24-18-9-6-7-10-21(18)29-23/h2,4,6-7,9-10,12-14,16-17,19,25H,3,5,8,11H2,1H3,(H,27,28)/t16-,17+,19?/m0/s1. The predicted octanol–water partition coefficient (Wildman–Crippen LogP) is 4.38. The molecule has 1 heterocycles. The monoisotopic (exact) mass is 395 g/mol. The number of unbranched alkanes of at least 4 members (excludes halogenated alkanes) is 1. The van der Waals surface area contributed by atoms with Crippen molar-refractivity contribution in [3.63, 3.8) is 0 Å². The van der Waals surface area contributed by atoms with Gasteiger partial charge in [-0.1, -0.05) is 42.0 Å². The molecule has 3 rings (SSSR count). The van der Waals surface area contributed by atoms with E-state index in [1.807, 2.05) is 43.4 Å². The number of carboxylic acid groups (broad SMARTS) is 1. The summed E-state index contributed by atoms with van der Waals surface area (Å²) < 4.78 is 5.59. The van der Waals surface area contributed by atoms with Gasteiger partial charge in [-0.3, -0.25) is 9.59 Å². The number of aliphatic carboxylic acids is 1. The molecule has 2 N–H and O–H groups in total. The fourth-order valence-electron chi connectivity index (χ4n) is 3.53. The van der Waals surface area contributed by atoms with E-state index in [1.54, 1.807) is 18.2 Å². The van der Waals surface area contributed by atoms with Gasteiger partial charge in [0.25, 0.3) is 0 Å². The lowest BCUT2D eigenvalue weighted by Gasteiger charge is -2.16. The number of benzene rings is 1. The number of aliphatic hydroxyl groups excluding tert-OH is 1. The maximum absolute atomic E-state index is 12.3. The molecule has 0 amide bonds. The molecule has 3 atom stereocenters. The molecule has 1 aromatic heterocycles. The topological polar surface area (TPSA) is 101 Å². The lowest BCUT2D eigenvalue weighted by atomic mass is 9.87. The van der Waals surface area contributed by atoms with Crippen molar-refractivity contribution in [2.75, 3.05) is 0 Å². The molecule has 0 fully saturated rings. The van der Waals surface area contributed by atoms with Crippen molar-refractivity contribution in [1.29, 1.82) is 0 Å². The Labute approximate surface area is 169 Å². The van der Waals surface area contributed by atoms with Crippen molar-refractivity contribution in [3.8, 4) is 0 Å². The lowest BCUT2D eigenvalue weighted by molar-refractivity contribution is -0.137. The van der Waals surface area contributed by atoms with Crippen LogP contribution in [0.1, 0.15) is 44.6 Å². The summed E-state index contributed by atoms with van der Waals surface area (Å²) in [5, 5.41) is 19.1. The van der Waals surface area contributed by atoms with Crippen LogP contribution in [0, 0.1) is 11.8 Å². The summed E-state index contributed by atoms with van der Waals surface area (Å²) in [6.45, 7) is 1.91. The molecule has 1 unspecified atom stereocenters. The Morgan fingerprint density at radius 1 is 1.31 bits per heavy atom. The summed E-state index contributed by atoms with van der Waals surface area (Å²) in [5.74, 6) is -0.804.